The summed E-state index contributed by atoms with van der Waals surface area (Å²) in [6.45, 7) is 0.299. The first-order valence-corrected chi connectivity index (χ1v) is 6.31. The number of hydrogen-bond donors (Lipinski definition) is 1. The van der Waals surface area contributed by atoms with E-state index in [1.54, 1.807) is 4.90 Å². The highest BCUT2D eigenvalue weighted by Gasteiger charge is 2.14. The van der Waals surface area contributed by atoms with Crippen molar-refractivity contribution in [2.75, 3.05) is 13.1 Å². The van der Waals surface area contributed by atoms with Crippen LogP contribution in [0.2, 0.25) is 0 Å². The van der Waals surface area contributed by atoms with Crippen molar-refractivity contribution in [3.05, 3.63) is 23.3 Å². The van der Waals surface area contributed by atoms with Crippen LogP contribution in [-0.4, -0.2) is 39.2 Å². The number of aliphatic carboxylic acids is 1. The van der Waals surface area contributed by atoms with Gasteiger partial charge in [-0.3, -0.25) is 9.69 Å². The van der Waals surface area contributed by atoms with Gasteiger partial charge in [0.05, 0.1) is 24.5 Å². The van der Waals surface area contributed by atoms with E-state index in [1.165, 1.54) is 11.3 Å². The normalized spacial score (nSPS) is 10.5. The monoisotopic (exact) mass is 277 g/mol. The van der Waals surface area contributed by atoms with E-state index in [9.17, 15) is 4.79 Å². The molecule has 0 aromatic carbocycles. The fourth-order valence-electron chi connectivity index (χ4n) is 1.51. The van der Waals surface area contributed by atoms with Crippen molar-refractivity contribution in [1.29, 1.82) is 0 Å². The quantitative estimate of drug-likeness (QED) is 0.802. The van der Waals surface area contributed by atoms with Gasteiger partial charge in [-0.15, -0.1) is 17.8 Å². The Balaban J connectivity index is 2.06. The number of hydrogen-bond acceptors (Lipinski definition) is 6. The van der Waals surface area contributed by atoms with Crippen LogP contribution in [0.4, 0.5) is 0 Å². The van der Waals surface area contributed by atoms with E-state index in [2.05, 4.69) is 16.1 Å². The van der Waals surface area contributed by atoms with Crippen LogP contribution in [0, 0.1) is 12.3 Å². The molecule has 0 radical (unpaired) electrons. The second kappa shape index (κ2) is 6.13. The molecule has 7 heteroatoms. The molecule has 0 aliphatic rings. The lowest BCUT2D eigenvalue weighted by atomic mass is 10.4. The van der Waals surface area contributed by atoms with Gasteiger partial charge in [0.25, 0.3) is 5.89 Å². The third kappa shape index (κ3) is 3.64. The molecule has 0 spiro atoms. The highest BCUT2D eigenvalue weighted by Crippen LogP contribution is 2.22. The predicted octanol–water partition coefficient (Wildman–Crippen LogP) is 1.32. The molecule has 2 aromatic rings. The van der Waals surface area contributed by atoms with Crippen LogP contribution in [0.3, 0.4) is 0 Å². The molecule has 0 saturated carbocycles. The average Bonchev–Trinajstić information content (AvgIpc) is 2.97. The van der Waals surface area contributed by atoms with Crippen molar-refractivity contribution in [3.8, 4) is 23.1 Å². The summed E-state index contributed by atoms with van der Waals surface area (Å²) in [7, 11) is 0. The van der Waals surface area contributed by atoms with Crippen LogP contribution in [0.15, 0.2) is 22.0 Å². The third-order valence-corrected chi connectivity index (χ3v) is 3.10. The van der Waals surface area contributed by atoms with E-state index in [-0.39, 0.29) is 19.6 Å². The number of rotatable bonds is 6. The van der Waals surface area contributed by atoms with Crippen molar-refractivity contribution in [3.63, 3.8) is 0 Å². The molecular weight excluding hydrogens is 266 g/mol. The van der Waals surface area contributed by atoms with Gasteiger partial charge in [-0.1, -0.05) is 17.1 Å². The Bertz CT molecular complexity index is 586. The van der Waals surface area contributed by atoms with Gasteiger partial charge in [0.1, 0.15) is 0 Å². The minimum Gasteiger partial charge on any atom is -0.480 e. The van der Waals surface area contributed by atoms with Crippen LogP contribution < -0.4 is 0 Å². The average molecular weight is 277 g/mol. The Morgan fingerprint density at radius 2 is 2.47 bits per heavy atom. The van der Waals surface area contributed by atoms with E-state index in [1.807, 2.05) is 17.5 Å². The summed E-state index contributed by atoms with van der Waals surface area (Å²) in [4.78, 5) is 17.3. The summed E-state index contributed by atoms with van der Waals surface area (Å²) in [5.41, 5.74) is 0. The number of carbonyl (C=O) groups is 1. The Labute approximate surface area is 113 Å². The summed E-state index contributed by atoms with van der Waals surface area (Å²) in [5, 5.41) is 14.5. The minimum atomic E-state index is -0.947. The lowest BCUT2D eigenvalue weighted by Gasteiger charge is -2.14. The fraction of sp³-hybridized carbons (Fsp3) is 0.250. The van der Waals surface area contributed by atoms with Gasteiger partial charge in [-0.2, -0.15) is 4.98 Å². The summed E-state index contributed by atoms with van der Waals surface area (Å²) < 4.78 is 5.12. The summed E-state index contributed by atoms with van der Waals surface area (Å²) in [5.74, 6) is 2.31. The molecule has 19 heavy (non-hydrogen) atoms. The van der Waals surface area contributed by atoms with Gasteiger partial charge in [-0.05, 0) is 11.4 Å². The number of carboxylic acids is 1. The standard InChI is InChI=1S/C12H11N3O3S/c1-2-5-15(8-11(16)17)7-10-13-12(18-14-10)9-4-3-6-19-9/h1,3-4,6H,5,7-8H2,(H,16,17). The number of aromatic nitrogens is 2. The smallest absolute Gasteiger partial charge is 0.317 e. The summed E-state index contributed by atoms with van der Waals surface area (Å²) in [6, 6.07) is 3.76. The Kier molecular flexibility index (Phi) is 4.28. The maximum Gasteiger partial charge on any atom is 0.317 e. The topological polar surface area (TPSA) is 79.5 Å². The molecule has 98 valence electrons. The highest BCUT2D eigenvalue weighted by molar-refractivity contribution is 7.13. The largest absolute Gasteiger partial charge is 0.480 e. The molecule has 0 bridgehead atoms. The molecule has 2 rings (SSSR count). The number of terminal acetylenes is 1. The molecule has 0 aliphatic carbocycles. The number of nitrogens with zero attached hydrogens (tertiary/aromatic N) is 3. The van der Waals surface area contributed by atoms with E-state index >= 15 is 0 Å². The summed E-state index contributed by atoms with van der Waals surface area (Å²) >= 11 is 1.49. The van der Waals surface area contributed by atoms with E-state index in [0.29, 0.717) is 11.7 Å². The molecule has 2 aromatic heterocycles. The van der Waals surface area contributed by atoms with Crippen molar-refractivity contribution in [2.24, 2.45) is 0 Å². The van der Waals surface area contributed by atoms with Crippen LogP contribution in [0.1, 0.15) is 5.82 Å². The van der Waals surface area contributed by atoms with E-state index in [0.717, 1.165) is 4.88 Å². The third-order valence-electron chi connectivity index (χ3n) is 2.24. The van der Waals surface area contributed by atoms with Crippen LogP contribution >= 0.6 is 11.3 Å². The highest BCUT2D eigenvalue weighted by atomic mass is 32.1. The van der Waals surface area contributed by atoms with Gasteiger partial charge in [0.2, 0.25) is 0 Å². The zero-order valence-electron chi connectivity index (χ0n) is 9.94. The summed E-state index contributed by atoms with van der Waals surface area (Å²) in [6.07, 6.45) is 5.19. The van der Waals surface area contributed by atoms with Crippen molar-refractivity contribution in [2.45, 2.75) is 6.54 Å². The molecule has 0 unspecified atom stereocenters. The lowest BCUT2D eigenvalue weighted by molar-refractivity contribution is -0.138. The van der Waals surface area contributed by atoms with Crippen LogP contribution in [-0.2, 0) is 11.3 Å². The molecule has 0 atom stereocenters. The Morgan fingerprint density at radius 1 is 1.63 bits per heavy atom. The molecule has 0 saturated heterocycles. The first-order valence-electron chi connectivity index (χ1n) is 5.43. The molecule has 0 fully saturated rings. The van der Waals surface area contributed by atoms with Crippen molar-refractivity contribution in [1.82, 2.24) is 15.0 Å². The number of thiophene rings is 1. The predicted molar refractivity (Wildman–Crippen MR) is 69.4 cm³/mol. The molecule has 2 heterocycles. The maximum absolute atomic E-state index is 10.7. The second-order valence-corrected chi connectivity index (χ2v) is 4.68. The second-order valence-electron chi connectivity index (χ2n) is 3.74. The van der Waals surface area contributed by atoms with Crippen molar-refractivity contribution >= 4 is 17.3 Å². The molecule has 1 N–H and O–H groups in total. The van der Waals surface area contributed by atoms with E-state index in [4.69, 9.17) is 16.1 Å². The van der Waals surface area contributed by atoms with Crippen LogP contribution in [0.25, 0.3) is 10.8 Å². The molecule has 0 amide bonds. The van der Waals surface area contributed by atoms with Crippen LogP contribution in [0.5, 0.6) is 0 Å². The fourth-order valence-corrected chi connectivity index (χ4v) is 2.15. The molecular formula is C12H11N3O3S. The molecule has 6 nitrogen and oxygen atoms in total. The first kappa shape index (κ1) is 13.3. The first-order chi connectivity index (χ1) is 9.19. The Hall–Kier alpha value is -2.17. The maximum atomic E-state index is 10.7. The Morgan fingerprint density at radius 3 is 3.11 bits per heavy atom. The van der Waals surface area contributed by atoms with Gasteiger partial charge >= 0.3 is 5.97 Å². The molecule has 0 aliphatic heterocycles. The van der Waals surface area contributed by atoms with Gasteiger partial charge in [0.15, 0.2) is 5.82 Å². The van der Waals surface area contributed by atoms with Gasteiger partial charge in [0, 0.05) is 0 Å². The van der Waals surface area contributed by atoms with Gasteiger partial charge in [-0.25, -0.2) is 0 Å². The number of carboxylic acid groups (broad SMARTS) is 1. The lowest BCUT2D eigenvalue weighted by Crippen LogP contribution is -2.30. The van der Waals surface area contributed by atoms with Crippen molar-refractivity contribution < 1.29 is 14.4 Å². The zero-order valence-corrected chi connectivity index (χ0v) is 10.8. The SMILES string of the molecule is C#CCN(CC(=O)O)Cc1noc(-c2cccs2)n1. The zero-order chi connectivity index (χ0) is 13.7. The van der Waals surface area contributed by atoms with E-state index < -0.39 is 5.97 Å². The van der Waals surface area contributed by atoms with Gasteiger partial charge < -0.3 is 9.63 Å². The minimum absolute atomic E-state index is 0.160.